The largest absolute Gasteiger partial charge is 0.348 e. The van der Waals surface area contributed by atoms with Gasteiger partial charge in [0.1, 0.15) is 0 Å². The molecule has 24 heavy (non-hydrogen) atoms. The Bertz CT molecular complexity index is 665. The predicted molar refractivity (Wildman–Crippen MR) is 86.1 cm³/mol. The minimum absolute atomic E-state index is 0.713. The predicted octanol–water partition coefficient (Wildman–Crippen LogP) is 2.34. The van der Waals surface area contributed by atoms with Gasteiger partial charge in [0.25, 0.3) is 5.79 Å². The normalized spacial score (nSPS) is 23.2. The van der Waals surface area contributed by atoms with Crippen molar-refractivity contribution in [2.24, 2.45) is 11.3 Å². The second kappa shape index (κ2) is 6.72. The molecule has 1 fully saturated rings. The van der Waals surface area contributed by atoms with E-state index in [1.54, 1.807) is 6.08 Å². The summed E-state index contributed by atoms with van der Waals surface area (Å²) in [4.78, 5) is 0. The highest BCUT2D eigenvalue weighted by Gasteiger charge is 2.85. The second-order valence-electron chi connectivity index (χ2n) is 5.38. The number of ether oxygens (including phenoxy) is 4. The van der Waals surface area contributed by atoms with E-state index < -0.39 is 22.9 Å². The van der Waals surface area contributed by atoms with Crippen molar-refractivity contribution < 1.29 is 18.9 Å². The molecule has 0 saturated heterocycles. The van der Waals surface area contributed by atoms with E-state index in [0.717, 1.165) is 5.56 Å². The molecule has 6 nitrogen and oxygen atoms in total. The van der Waals surface area contributed by atoms with E-state index in [0.29, 0.717) is 0 Å². The van der Waals surface area contributed by atoms with Crippen LogP contribution in [-0.4, -0.2) is 40.0 Å². The van der Waals surface area contributed by atoms with Gasteiger partial charge in [-0.25, -0.2) is 0 Å². The van der Waals surface area contributed by atoms with E-state index in [1.807, 2.05) is 48.5 Å². The molecule has 0 radical (unpaired) electrons. The molecule has 0 aliphatic heterocycles. The fraction of sp³-hybridized carbons (Fsp3) is 0.444. The third kappa shape index (κ3) is 2.02. The van der Waals surface area contributed by atoms with Gasteiger partial charge in [-0.05, 0) is 5.56 Å². The molecular weight excluding hydrogens is 308 g/mol. The van der Waals surface area contributed by atoms with Crippen molar-refractivity contribution in [2.45, 2.75) is 11.6 Å². The molecule has 1 aromatic rings. The lowest BCUT2D eigenvalue weighted by Gasteiger charge is -2.64. The summed E-state index contributed by atoms with van der Waals surface area (Å²) in [7, 11) is 5.57. The molecule has 1 saturated carbocycles. The molecule has 2 rings (SSSR count). The van der Waals surface area contributed by atoms with Gasteiger partial charge in [-0.3, -0.25) is 0 Å². The number of methoxy groups -OCH3 is 4. The molecule has 1 aromatic carbocycles. The average Bonchev–Trinajstić information content (AvgIpc) is 2.64. The molecule has 1 atom stereocenters. The van der Waals surface area contributed by atoms with Crippen molar-refractivity contribution in [1.82, 2.24) is 0 Å². The summed E-state index contributed by atoms with van der Waals surface area (Å²) >= 11 is 0. The van der Waals surface area contributed by atoms with Crippen molar-refractivity contribution in [2.75, 3.05) is 28.4 Å². The van der Waals surface area contributed by atoms with Gasteiger partial charge in [-0.15, -0.1) is 0 Å². The second-order valence-corrected chi connectivity index (χ2v) is 5.38. The molecule has 0 spiro atoms. The molecule has 6 heteroatoms. The van der Waals surface area contributed by atoms with Crippen LogP contribution in [0.2, 0.25) is 0 Å². The quantitative estimate of drug-likeness (QED) is 0.745. The van der Waals surface area contributed by atoms with Gasteiger partial charge < -0.3 is 18.9 Å². The first-order chi connectivity index (χ1) is 11.6. The minimum atomic E-state index is -1.67. The molecule has 0 bridgehead atoms. The Hall–Kier alpha value is -2.22. The summed E-state index contributed by atoms with van der Waals surface area (Å²) in [5.41, 5.74) is -0.691. The number of nitrogens with zero attached hydrogens (tertiary/aromatic N) is 2. The number of hydrogen-bond acceptors (Lipinski definition) is 6. The van der Waals surface area contributed by atoms with Crippen molar-refractivity contribution in [3.05, 3.63) is 42.0 Å². The van der Waals surface area contributed by atoms with Crippen LogP contribution < -0.4 is 0 Å². The zero-order valence-corrected chi connectivity index (χ0v) is 14.1. The maximum Gasteiger partial charge on any atom is 0.257 e. The molecule has 0 N–H and O–H groups in total. The molecule has 126 valence electrons. The molecule has 1 aliphatic carbocycles. The highest BCUT2D eigenvalue weighted by atomic mass is 16.8. The Morgan fingerprint density at radius 1 is 0.917 bits per heavy atom. The average molecular weight is 328 g/mol. The summed E-state index contributed by atoms with van der Waals surface area (Å²) in [5, 5.41) is 19.5. The third-order valence-electron chi connectivity index (χ3n) is 4.67. The minimum Gasteiger partial charge on any atom is -0.348 e. The van der Waals surface area contributed by atoms with Gasteiger partial charge in [-0.2, -0.15) is 10.5 Å². The molecule has 1 aliphatic rings. The standard InChI is InChI=1S/C18H20N2O4/c1-21-17(22-2)15(11-10-14-8-6-5-7-9-14)16(12-19,13-20)18(17,23-3)24-4/h5-11,15H,1-4H3. The van der Waals surface area contributed by atoms with Gasteiger partial charge in [0.2, 0.25) is 11.2 Å². The van der Waals surface area contributed by atoms with E-state index in [1.165, 1.54) is 28.4 Å². The third-order valence-corrected chi connectivity index (χ3v) is 4.67. The fourth-order valence-corrected chi connectivity index (χ4v) is 3.54. The number of rotatable bonds is 6. The summed E-state index contributed by atoms with van der Waals surface area (Å²) in [6.07, 6.45) is 3.54. The van der Waals surface area contributed by atoms with Crippen LogP contribution in [0.5, 0.6) is 0 Å². The molecular formula is C18H20N2O4. The van der Waals surface area contributed by atoms with Crippen LogP contribution >= 0.6 is 0 Å². The van der Waals surface area contributed by atoms with E-state index in [4.69, 9.17) is 18.9 Å². The van der Waals surface area contributed by atoms with Gasteiger partial charge in [0, 0.05) is 28.4 Å². The molecule has 0 amide bonds. The maximum atomic E-state index is 9.75. The van der Waals surface area contributed by atoms with Gasteiger partial charge in [0.05, 0.1) is 18.1 Å². The topological polar surface area (TPSA) is 84.5 Å². The van der Waals surface area contributed by atoms with Crippen molar-refractivity contribution in [1.29, 1.82) is 10.5 Å². The highest BCUT2D eigenvalue weighted by molar-refractivity contribution is 5.52. The van der Waals surface area contributed by atoms with Gasteiger partial charge in [-0.1, -0.05) is 42.5 Å². The van der Waals surface area contributed by atoms with Crippen molar-refractivity contribution >= 4 is 6.08 Å². The zero-order valence-electron chi connectivity index (χ0n) is 14.1. The Morgan fingerprint density at radius 2 is 1.46 bits per heavy atom. The van der Waals surface area contributed by atoms with Crippen LogP contribution in [0.1, 0.15) is 5.56 Å². The first kappa shape index (κ1) is 18.1. The Balaban J connectivity index is 2.57. The van der Waals surface area contributed by atoms with Gasteiger partial charge in [0.15, 0.2) is 0 Å². The lowest BCUT2D eigenvalue weighted by Crippen LogP contribution is -2.83. The highest BCUT2D eigenvalue weighted by Crippen LogP contribution is 2.65. The Morgan fingerprint density at radius 3 is 1.88 bits per heavy atom. The molecule has 1 unspecified atom stereocenters. The lowest BCUT2D eigenvalue weighted by molar-refractivity contribution is -0.489. The van der Waals surface area contributed by atoms with Crippen LogP contribution in [0.4, 0.5) is 0 Å². The molecule has 0 heterocycles. The first-order valence-corrected chi connectivity index (χ1v) is 7.34. The monoisotopic (exact) mass is 328 g/mol. The van der Waals surface area contributed by atoms with Crippen LogP contribution in [0, 0.1) is 34.0 Å². The lowest BCUT2D eigenvalue weighted by atomic mass is 9.51. The van der Waals surface area contributed by atoms with Crippen LogP contribution in [0.25, 0.3) is 6.08 Å². The van der Waals surface area contributed by atoms with E-state index in [2.05, 4.69) is 0 Å². The summed E-state index contributed by atoms with van der Waals surface area (Å²) < 4.78 is 22.0. The Kier molecular flexibility index (Phi) is 5.08. The number of nitriles is 2. The van der Waals surface area contributed by atoms with Gasteiger partial charge >= 0.3 is 0 Å². The van der Waals surface area contributed by atoms with E-state index in [-0.39, 0.29) is 0 Å². The summed E-state index contributed by atoms with van der Waals surface area (Å²) in [5.74, 6) is -3.80. The van der Waals surface area contributed by atoms with E-state index >= 15 is 0 Å². The van der Waals surface area contributed by atoms with Crippen LogP contribution in [0.15, 0.2) is 36.4 Å². The van der Waals surface area contributed by atoms with E-state index in [9.17, 15) is 10.5 Å². The zero-order chi connectivity index (χ0) is 17.8. The number of hydrogen-bond donors (Lipinski definition) is 0. The SMILES string of the molecule is COC1(OC)C(C=Cc2ccccc2)C(C#N)(C#N)C1(OC)OC. The van der Waals surface area contributed by atoms with Crippen molar-refractivity contribution in [3.8, 4) is 12.1 Å². The van der Waals surface area contributed by atoms with Crippen LogP contribution in [-0.2, 0) is 18.9 Å². The number of benzene rings is 1. The first-order valence-electron chi connectivity index (χ1n) is 7.34. The smallest absolute Gasteiger partial charge is 0.257 e. The summed E-state index contributed by atoms with van der Waals surface area (Å²) in [6.45, 7) is 0. The van der Waals surface area contributed by atoms with Crippen LogP contribution in [0.3, 0.4) is 0 Å². The van der Waals surface area contributed by atoms with Crippen molar-refractivity contribution in [3.63, 3.8) is 0 Å². The summed E-state index contributed by atoms with van der Waals surface area (Å²) in [6, 6.07) is 13.6. The Labute approximate surface area is 141 Å². The fourth-order valence-electron chi connectivity index (χ4n) is 3.54. The maximum absolute atomic E-state index is 9.75. The molecule has 0 aromatic heterocycles.